The summed E-state index contributed by atoms with van der Waals surface area (Å²) in [5.41, 5.74) is 1.07. The van der Waals surface area contributed by atoms with Crippen molar-refractivity contribution in [1.82, 2.24) is 9.80 Å². The zero-order valence-electron chi connectivity index (χ0n) is 15.4. The third-order valence-corrected chi connectivity index (χ3v) is 5.51. The molecule has 5 heteroatoms. The van der Waals surface area contributed by atoms with Crippen molar-refractivity contribution in [2.45, 2.75) is 50.9 Å². The molecule has 2 heterocycles. The molecule has 0 unspecified atom stereocenters. The van der Waals surface area contributed by atoms with Crippen LogP contribution in [0.1, 0.15) is 36.8 Å². The van der Waals surface area contributed by atoms with E-state index in [1.165, 1.54) is 5.56 Å². The summed E-state index contributed by atoms with van der Waals surface area (Å²) in [4.78, 5) is 17.0. The van der Waals surface area contributed by atoms with Gasteiger partial charge in [-0.2, -0.15) is 0 Å². The van der Waals surface area contributed by atoms with Crippen LogP contribution in [0.2, 0.25) is 0 Å². The number of hydrogen-bond acceptors (Lipinski definition) is 4. The number of amides is 1. The Hall–Kier alpha value is -1.43. The predicted molar refractivity (Wildman–Crippen MR) is 97.3 cm³/mol. The number of hydrogen-bond donors (Lipinski definition) is 1. The van der Waals surface area contributed by atoms with E-state index < -0.39 is 5.60 Å². The van der Waals surface area contributed by atoms with Crippen LogP contribution in [0.4, 0.5) is 0 Å². The second-order valence-electron chi connectivity index (χ2n) is 7.56. The van der Waals surface area contributed by atoms with Gasteiger partial charge in [-0.1, -0.05) is 29.8 Å². The van der Waals surface area contributed by atoms with Crippen LogP contribution in [0.3, 0.4) is 0 Å². The lowest BCUT2D eigenvalue weighted by Crippen LogP contribution is -2.59. The first-order chi connectivity index (χ1) is 12.0. The molecule has 2 aliphatic rings. The average molecular weight is 346 g/mol. The van der Waals surface area contributed by atoms with Gasteiger partial charge in [-0.05, 0) is 38.2 Å². The summed E-state index contributed by atoms with van der Waals surface area (Å²) in [6.45, 7) is 5.56. The molecule has 25 heavy (non-hydrogen) atoms. The van der Waals surface area contributed by atoms with Crippen molar-refractivity contribution in [3.05, 3.63) is 35.4 Å². The molecule has 1 aromatic carbocycles. The van der Waals surface area contributed by atoms with Crippen LogP contribution >= 0.6 is 0 Å². The SMILES string of the molecule is COC1CCN(C[C@]2(O)CCCN(Cc3cccc(C)c3)C2=O)CC1. The minimum atomic E-state index is -1.25. The van der Waals surface area contributed by atoms with Crippen LogP contribution in [0.25, 0.3) is 0 Å². The smallest absolute Gasteiger partial charge is 0.256 e. The number of carbonyl (C=O) groups is 1. The number of nitrogens with zero attached hydrogens (tertiary/aromatic N) is 2. The Bertz CT molecular complexity index is 598. The third-order valence-electron chi connectivity index (χ3n) is 5.51. The van der Waals surface area contributed by atoms with Crippen LogP contribution in [0.5, 0.6) is 0 Å². The van der Waals surface area contributed by atoms with Crippen LogP contribution < -0.4 is 0 Å². The van der Waals surface area contributed by atoms with E-state index in [4.69, 9.17) is 4.74 Å². The maximum Gasteiger partial charge on any atom is 0.256 e. The number of methoxy groups -OCH3 is 1. The van der Waals surface area contributed by atoms with Gasteiger partial charge in [0.15, 0.2) is 5.60 Å². The third kappa shape index (κ3) is 4.40. The first-order valence-corrected chi connectivity index (χ1v) is 9.32. The molecule has 0 aliphatic carbocycles. The van der Waals surface area contributed by atoms with Crippen molar-refractivity contribution < 1.29 is 14.6 Å². The number of aryl methyl sites for hydroxylation is 1. The summed E-state index contributed by atoms with van der Waals surface area (Å²) in [6.07, 6.45) is 3.65. The molecule has 1 amide bonds. The van der Waals surface area contributed by atoms with E-state index in [1.54, 1.807) is 7.11 Å². The minimum absolute atomic E-state index is 0.117. The minimum Gasteiger partial charge on any atom is -0.381 e. The molecule has 3 rings (SSSR count). The van der Waals surface area contributed by atoms with Crippen molar-refractivity contribution in [3.63, 3.8) is 0 Å². The number of carbonyl (C=O) groups excluding carboxylic acids is 1. The highest BCUT2D eigenvalue weighted by Gasteiger charge is 2.43. The summed E-state index contributed by atoms with van der Waals surface area (Å²) in [5.74, 6) is -0.117. The van der Waals surface area contributed by atoms with E-state index in [2.05, 4.69) is 24.0 Å². The average Bonchev–Trinajstić information content (AvgIpc) is 2.60. The molecule has 2 aliphatic heterocycles. The molecule has 0 radical (unpaired) electrons. The molecule has 5 nitrogen and oxygen atoms in total. The summed E-state index contributed by atoms with van der Waals surface area (Å²) < 4.78 is 5.40. The molecular weight excluding hydrogens is 316 g/mol. The maximum atomic E-state index is 13.0. The molecule has 0 aromatic heterocycles. The largest absolute Gasteiger partial charge is 0.381 e. The molecule has 0 spiro atoms. The number of aliphatic hydroxyl groups is 1. The number of ether oxygens (including phenoxy) is 1. The Labute approximate surface area is 150 Å². The highest BCUT2D eigenvalue weighted by molar-refractivity contribution is 5.86. The summed E-state index contributed by atoms with van der Waals surface area (Å²) in [5, 5.41) is 11.1. The molecule has 138 valence electrons. The van der Waals surface area contributed by atoms with E-state index in [0.29, 0.717) is 25.6 Å². The van der Waals surface area contributed by atoms with Gasteiger partial charge in [0.1, 0.15) is 0 Å². The van der Waals surface area contributed by atoms with Gasteiger partial charge in [-0.3, -0.25) is 9.69 Å². The Morgan fingerprint density at radius 2 is 2.04 bits per heavy atom. The van der Waals surface area contributed by atoms with Gasteiger partial charge in [-0.25, -0.2) is 0 Å². The quantitative estimate of drug-likeness (QED) is 0.886. The van der Waals surface area contributed by atoms with Gasteiger partial charge in [0.25, 0.3) is 5.91 Å². The standard InChI is InChI=1S/C20H30N2O3/c1-16-5-3-6-17(13-16)14-22-10-4-9-20(24,19(22)23)15-21-11-7-18(25-2)8-12-21/h3,5-6,13,18,24H,4,7-12,14-15H2,1-2H3/t20-/m1/s1. The summed E-state index contributed by atoms with van der Waals surface area (Å²) in [7, 11) is 1.75. The highest BCUT2D eigenvalue weighted by atomic mass is 16.5. The number of piperidine rings is 2. The molecule has 1 N–H and O–H groups in total. The lowest BCUT2D eigenvalue weighted by atomic mass is 9.90. The van der Waals surface area contributed by atoms with Gasteiger partial charge >= 0.3 is 0 Å². The van der Waals surface area contributed by atoms with Gasteiger partial charge in [0.05, 0.1) is 6.10 Å². The van der Waals surface area contributed by atoms with Gasteiger partial charge < -0.3 is 14.7 Å². The fourth-order valence-electron chi connectivity index (χ4n) is 4.07. The zero-order chi connectivity index (χ0) is 17.9. The predicted octanol–water partition coefficient (Wildman–Crippen LogP) is 1.96. The number of β-amino-alcohol motifs (C(OH)–C–C–N with tert-alkyl or cyclic N) is 1. The second-order valence-corrected chi connectivity index (χ2v) is 7.56. The van der Waals surface area contributed by atoms with Crippen LogP contribution in [0.15, 0.2) is 24.3 Å². The molecule has 0 bridgehead atoms. The zero-order valence-corrected chi connectivity index (χ0v) is 15.4. The molecule has 2 fully saturated rings. The van der Waals surface area contributed by atoms with Gasteiger partial charge in [0, 0.05) is 39.8 Å². The van der Waals surface area contributed by atoms with E-state index in [0.717, 1.165) is 44.5 Å². The van der Waals surface area contributed by atoms with Crippen molar-refractivity contribution >= 4 is 5.91 Å². The first kappa shape index (κ1) is 18.4. The molecule has 1 aromatic rings. The molecule has 1 atom stereocenters. The highest BCUT2D eigenvalue weighted by Crippen LogP contribution is 2.27. The summed E-state index contributed by atoms with van der Waals surface area (Å²) in [6, 6.07) is 8.23. The topological polar surface area (TPSA) is 53.0 Å². The number of benzene rings is 1. The molecular formula is C20H30N2O3. The van der Waals surface area contributed by atoms with E-state index in [9.17, 15) is 9.90 Å². The lowest BCUT2D eigenvalue weighted by Gasteiger charge is -2.42. The van der Waals surface area contributed by atoms with Crippen molar-refractivity contribution in [2.75, 3.05) is 33.3 Å². The monoisotopic (exact) mass is 346 g/mol. The van der Waals surface area contributed by atoms with Crippen LogP contribution in [-0.2, 0) is 16.1 Å². The lowest BCUT2D eigenvalue weighted by molar-refractivity contribution is -0.161. The first-order valence-electron chi connectivity index (χ1n) is 9.32. The van der Waals surface area contributed by atoms with Crippen LogP contribution in [-0.4, -0.2) is 65.8 Å². The van der Waals surface area contributed by atoms with Crippen molar-refractivity contribution in [1.29, 1.82) is 0 Å². The molecule has 2 saturated heterocycles. The fourth-order valence-corrected chi connectivity index (χ4v) is 4.07. The normalized spacial score (nSPS) is 26.2. The molecule has 0 saturated carbocycles. The summed E-state index contributed by atoms with van der Waals surface area (Å²) >= 11 is 0. The Balaban J connectivity index is 1.62. The van der Waals surface area contributed by atoms with Gasteiger partial charge in [0.2, 0.25) is 0 Å². The Morgan fingerprint density at radius 1 is 1.28 bits per heavy atom. The fraction of sp³-hybridized carbons (Fsp3) is 0.650. The van der Waals surface area contributed by atoms with Crippen molar-refractivity contribution in [2.24, 2.45) is 0 Å². The van der Waals surface area contributed by atoms with Gasteiger partial charge in [-0.15, -0.1) is 0 Å². The van der Waals surface area contributed by atoms with E-state index >= 15 is 0 Å². The Morgan fingerprint density at radius 3 is 2.72 bits per heavy atom. The van der Waals surface area contributed by atoms with E-state index in [1.807, 2.05) is 17.0 Å². The number of likely N-dealkylation sites (tertiary alicyclic amines) is 2. The van der Waals surface area contributed by atoms with Crippen molar-refractivity contribution in [3.8, 4) is 0 Å². The second kappa shape index (κ2) is 7.85. The Kier molecular flexibility index (Phi) is 5.77. The maximum absolute atomic E-state index is 13.0. The number of rotatable bonds is 5. The van der Waals surface area contributed by atoms with Crippen LogP contribution in [0, 0.1) is 6.92 Å². The van der Waals surface area contributed by atoms with E-state index in [-0.39, 0.29) is 5.91 Å².